The molecule has 13 rings (SSSR count). The van der Waals surface area contributed by atoms with Gasteiger partial charge in [-0.2, -0.15) is 0 Å². The van der Waals surface area contributed by atoms with Crippen molar-refractivity contribution in [2.45, 2.75) is 207 Å². The summed E-state index contributed by atoms with van der Waals surface area (Å²) in [6.45, 7) is 19.0. The third-order valence-corrected chi connectivity index (χ3v) is 24.4. The SMILES string of the molecule is CC(C)[C@@H](C(=O)N1C[C@H](O)C[C@H]1C(=O)NCc1ccc(Br)cc1)N1Cc2ccccc2C1=O.COc1cccc2c1C(=O)N([C@H](C(=O)N1C[C@H](O)C[C@H]1C(=O)NCc1ccc(-c3scnc3C)cc1)C(C)C)C2.Cc1ncsc1-c1ccc(CNC(=O)[C@@H]2C[C@@H](O)CN2C(=O)[C@@H](NC(=O)CC2CCCCC2)C(C)(C)C)cc1. The summed E-state index contributed by atoms with van der Waals surface area (Å²) >= 11 is 6.57. The maximum atomic E-state index is 13.9. The molecule has 0 spiro atoms. The minimum atomic E-state index is -0.822. The molecule has 3 saturated heterocycles. The van der Waals surface area contributed by atoms with Gasteiger partial charge in [-0.3, -0.25) is 43.2 Å². The van der Waals surface area contributed by atoms with Crippen molar-refractivity contribution >= 4 is 91.8 Å². The number of aliphatic hydroxyl groups excluding tert-OH is 3. The highest BCUT2D eigenvalue weighted by Crippen LogP contribution is 2.38. The summed E-state index contributed by atoms with van der Waals surface area (Å²) in [5, 5.41) is 42.9. The number of hydrogen-bond donors (Lipinski definition) is 7. The number of β-amino-alcohol motifs (C(OH)–C–C–N with tert-alkyl or cyclic N) is 3. The molecule has 7 heterocycles. The first-order valence-electron chi connectivity index (χ1n) is 38.6. The average Bonchev–Trinajstić information content (AvgIpc) is 1.62. The number of likely N-dealkylation sites (tertiary alicyclic amines) is 3. The van der Waals surface area contributed by atoms with Gasteiger partial charge in [0, 0.05) is 88.1 Å². The zero-order valence-electron chi connectivity index (χ0n) is 65.3. The summed E-state index contributed by atoms with van der Waals surface area (Å²) in [5.41, 5.74) is 12.8. The van der Waals surface area contributed by atoms with Crippen LogP contribution in [0.15, 0.2) is 131 Å². The lowest BCUT2D eigenvalue weighted by atomic mass is 9.84. The number of benzene rings is 5. The minimum absolute atomic E-state index is 0.0430. The van der Waals surface area contributed by atoms with E-state index in [1.807, 2.05) is 176 Å². The Morgan fingerprint density at radius 3 is 1.39 bits per heavy atom. The van der Waals surface area contributed by atoms with E-state index >= 15 is 0 Å². The standard InChI is InChI=1S/C30H34N4O5S.C30H42N4O4S.C25H28BrN3O4/c1-17(2)26(34-14-21-6-5-7-24(39-4)25(21)29(34)37)30(38)33-15-22(35)12-23(33)28(36)31-13-19-8-10-20(11-9-19)27-18(3)32-16-40-27;1-19-26(39-18-32-19)22-12-10-21(11-13-22)16-31-28(37)24-15-23(35)17-34(24)29(38)27(30(2,3)4)33-25(36)14-20-8-6-5-7-9-20;1-15(2)22(29-13-17-5-3-4-6-20(17)24(29)32)25(33)28-14-19(30)11-21(28)23(31)27-12-16-7-9-18(26)10-8-16/h5-11,16-17,22-23,26,35H,12-15H2,1-4H3,(H,31,36);10-13,18,20,23-24,27,35H,5-9,14-17H2,1-4H3,(H,31,37)(H,33,36);3-10,15,19,21-22,30H,11-14H2,1-2H3,(H,27,31)/t22-,23+,26+;23-,24+,27-;19-,21+,22+/m111/s1. The number of aryl methyl sites for hydroxylation is 2. The molecule has 5 aromatic carbocycles. The van der Waals surface area contributed by atoms with Crippen molar-refractivity contribution in [3.63, 3.8) is 0 Å². The van der Waals surface area contributed by atoms with Crippen molar-refractivity contribution in [3.05, 3.63) is 181 Å². The first kappa shape index (κ1) is 83.7. The molecule has 7 N–H and O–H groups in total. The van der Waals surface area contributed by atoms with Crippen LogP contribution in [0.25, 0.3) is 20.9 Å². The number of amides is 9. The number of rotatable bonds is 22. The van der Waals surface area contributed by atoms with Crippen LogP contribution >= 0.6 is 38.6 Å². The van der Waals surface area contributed by atoms with Crippen LogP contribution in [0, 0.1) is 37.0 Å². The van der Waals surface area contributed by atoms with E-state index in [1.54, 1.807) is 44.6 Å². The van der Waals surface area contributed by atoms with E-state index < -0.39 is 60.0 Å². The number of methoxy groups -OCH3 is 1. The van der Waals surface area contributed by atoms with E-state index in [2.05, 4.69) is 47.2 Å². The van der Waals surface area contributed by atoms with Crippen molar-refractivity contribution in [1.29, 1.82) is 0 Å². The van der Waals surface area contributed by atoms with Crippen LogP contribution in [0.4, 0.5) is 0 Å². The molecule has 1 aliphatic carbocycles. The second-order valence-electron chi connectivity index (χ2n) is 31.9. The van der Waals surface area contributed by atoms with Crippen molar-refractivity contribution in [2.24, 2.45) is 23.2 Å². The Bertz CT molecular complexity index is 4520. The molecule has 0 unspecified atom stereocenters. The van der Waals surface area contributed by atoms with Crippen LogP contribution in [0.3, 0.4) is 0 Å². The molecule has 9 atom stereocenters. The van der Waals surface area contributed by atoms with E-state index in [0.29, 0.717) is 55.4 Å². The van der Waals surface area contributed by atoms with E-state index in [4.69, 9.17) is 4.74 Å². The quantitative estimate of drug-likeness (QED) is 0.0332. The number of aliphatic hydroxyl groups is 3. The van der Waals surface area contributed by atoms with Crippen LogP contribution in [0.5, 0.6) is 5.75 Å². The van der Waals surface area contributed by atoms with Gasteiger partial charge in [-0.1, -0.05) is 175 Å². The lowest BCUT2D eigenvalue weighted by Crippen LogP contribution is -2.57. The van der Waals surface area contributed by atoms with Gasteiger partial charge in [0.25, 0.3) is 11.8 Å². The Morgan fingerprint density at radius 2 is 0.973 bits per heavy atom. The van der Waals surface area contributed by atoms with Crippen LogP contribution < -0.4 is 26.0 Å². The number of nitrogens with zero attached hydrogens (tertiary/aromatic N) is 7. The highest BCUT2D eigenvalue weighted by Gasteiger charge is 2.49. The molecule has 6 aliphatic rings. The molecule has 7 aromatic rings. The second kappa shape index (κ2) is 37.1. The maximum absolute atomic E-state index is 13.9. The topological polar surface area (TPSA) is 314 Å². The van der Waals surface area contributed by atoms with Crippen LogP contribution in [0.2, 0.25) is 0 Å². The van der Waals surface area contributed by atoms with Gasteiger partial charge in [0.2, 0.25) is 41.4 Å². The lowest BCUT2D eigenvalue weighted by Gasteiger charge is -2.35. The van der Waals surface area contributed by atoms with Gasteiger partial charge in [-0.05, 0) is 113 Å². The maximum Gasteiger partial charge on any atom is 0.258 e. The van der Waals surface area contributed by atoms with Gasteiger partial charge in [0.05, 0.1) is 63.1 Å². The summed E-state index contributed by atoms with van der Waals surface area (Å²) in [6, 6.07) is 31.6. The van der Waals surface area contributed by atoms with Crippen molar-refractivity contribution in [2.75, 3.05) is 26.7 Å². The van der Waals surface area contributed by atoms with Crippen molar-refractivity contribution < 1.29 is 63.2 Å². The normalized spacial score (nSPS) is 20.3. The molecule has 9 amide bonds. The molecule has 596 valence electrons. The van der Waals surface area contributed by atoms with Gasteiger partial charge in [-0.15, -0.1) is 22.7 Å². The van der Waals surface area contributed by atoms with Crippen LogP contribution in [0.1, 0.15) is 166 Å². The first-order valence-corrected chi connectivity index (χ1v) is 41.2. The molecule has 5 aliphatic heterocycles. The van der Waals surface area contributed by atoms with Crippen molar-refractivity contribution in [1.82, 2.24) is 55.7 Å². The Kier molecular flexibility index (Phi) is 27.8. The van der Waals surface area contributed by atoms with Gasteiger partial charge in [0.1, 0.15) is 42.0 Å². The molecule has 4 fully saturated rings. The highest BCUT2D eigenvalue weighted by molar-refractivity contribution is 9.10. The number of ether oxygens (including phenoxy) is 1. The number of carbonyl (C=O) groups excluding carboxylic acids is 9. The van der Waals surface area contributed by atoms with E-state index in [-0.39, 0.29) is 110 Å². The predicted octanol–water partition coefficient (Wildman–Crippen LogP) is 10.3. The van der Waals surface area contributed by atoms with Gasteiger partial charge >= 0.3 is 0 Å². The third kappa shape index (κ3) is 19.8. The summed E-state index contributed by atoms with van der Waals surface area (Å²) < 4.78 is 6.35. The van der Waals surface area contributed by atoms with Crippen LogP contribution in [-0.4, -0.2) is 184 Å². The number of fused-ring (bicyclic) bond motifs is 2. The van der Waals surface area contributed by atoms with E-state index in [1.165, 1.54) is 28.2 Å². The first-order chi connectivity index (χ1) is 53.5. The molecular formula is C85H104BrN11O13S2. The molecule has 0 bridgehead atoms. The molecule has 27 heteroatoms. The third-order valence-electron chi connectivity index (χ3n) is 21.9. The van der Waals surface area contributed by atoms with Crippen LogP contribution in [-0.2, 0) is 66.3 Å². The van der Waals surface area contributed by atoms with Crippen molar-refractivity contribution in [3.8, 4) is 26.6 Å². The molecule has 2 aromatic heterocycles. The molecule has 112 heavy (non-hydrogen) atoms. The Morgan fingerprint density at radius 1 is 0.554 bits per heavy atom. The smallest absolute Gasteiger partial charge is 0.258 e. The minimum Gasteiger partial charge on any atom is -0.496 e. The molecular weight excluding hydrogens is 1530 g/mol. The second-order valence-corrected chi connectivity index (χ2v) is 34.5. The largest absolute Gasteiger partial charge is 0.496 e. The summed E-state index contributed by atoms with van der Waals surface area (Å²) in [6.07, 6.45) is 4.16. The lowest BCUT2D eigenvalue weighted by molar-refractivity contribution is -0.144. The zero-order valence-corrected chi connectivity index (χ0v) is 68.5. The molecule has 24 nitrogen and oxygen atoms in total. The number of thiazole rings is 2. The molecule has 1 saturated carbocycles. The Balaban J connectivity index is 0.000000167. The summed E-state index contributed by atoms with van der Waals surface area (Å²) in [4.78, 5) is 139. The number of nitrogens with one attached hydrogen (secondary N) is 4. The fourth-order valence-electron chi connectivity index (χ4n) is 16.0. The van der Waals surface area contributed by atoms with E-state index in [0.717, 1.165) is 90.2 Å². The predicted molar refractivity (Wildman–Crippen MR) is 432 cm³/mol. The Labute approximate surface area is 671 Å². The fourth-order valence-corrected chi connectivity index (χ4v) is 17.9. The molecule has 0 radical (unpaired) electrons. The number of hydrogen-bond acceptors (Lipinski definition) is 17. The van der Waals surface area contributed by atoms with E-state index in [9.17, 15) is 58.5 Å². The number of halogens is 1. The Hall–Kier alpha value is -9.25. The average molecular weight is 1630 g/mol. The van der Waals surface area contributed by atoms with Gasteiger partial charge in [0.15, 0.2) is 0 Å². The number of aromatic nitrogens is 2. The summed E-state index contributed by atoms with van der Waals surface area (Å²) in [7, 11) is 1.52. The highest BCUT2D eigenvalue weighted by atomic mass is 79.9. The van der Waals surface area contributed by atoms with Gasteiger partial charge in [-0.25, -0.2) is 9.97 Å². The van der Waals surface area contributed by atoms with Gasteiger partial charge < -0.3 is 65.8 Å². The zero-order chi connectivity index (χ0) is 80.4. The summed E-state index contributed by atoms with van der Waals surface area (Å²) in [5.74, 6) is -1.97. The number of carbonyl (C=O) groups is 9. The fraction of sp³-hybridized carbons (Fsp3) is 0.471. The monoisotopic (exact) mass is 1630 g/mol.